The predicted molar refractivity (Wildman–Crippen MR) is 72.3 cm³/mol. The monoisotopic (exact) mass is 264 g/mol. The maximum Gasteiger partial charge on any atom is 0.114 e. The van der Waals surface area contributed by atoms with Crippen LogP contribution in [0.25, 0.3) is 5.69 Å². The molecule has 88 valence electrons. The van der Waals surface area contributed by atoms with E-state index in [0.717, 1.165) is 23.0 Å². The first-order valence-electron chi connectivity index (χ1n) is 5.65. The molecule has 0 saturated heterocycles. The molecule has 0 amide bonds. The molecule has 1 atom stereocenters. The number of hydrogen-bond donors (Lipinski definition) is 0. The summed E-state index contributed by atoms with van der Waals surface area (Å²) in [5.74, 6) is 1.14. The SMILES string of the molecule is Cc1cn2c(n1)CC(C)Sc1cc(Cl)ccc1-2. The van der Waals surface area contributed by atoms with Crippen LogP contribution >= 0.6 is 23.4 Å². The van der Waals surface area contributed by atoms with E-state index in [9.17, 15) is 0 Å². The third kappa shape index (κ3) is 1.98. The third-order valence-electron chi connectivity index (χ3n) is 2.88. The molecule has 1 unspecified atom stereocenters. The van der Waals surface area contributed by atoms with E-state index in [1.807, 2.05) is 30.8 Å². The Balaban J connectivity index is 2.25. The Kier molecular flexibility index (Phi) is 2.68. The number of nitrogens with zero attached hydrogens (tertiary/aromatic N) is 2. The zero-order valence-electron chi connectivity index (χ0n) is 9.77. The molecule has 0 aliphatic carbocycles. The van der Waals surface area contributed by atoms with Crippen LogP contribution in [0.4, 0.5) is 0 Å². The van der Waals surface area contributed by atoms with Crippen molar-refractivity contribution < 1.29 is 0 Å². The number of rotatable bonds is 0. The van der Waals surface area contributed by atoms with Crippen molar-refractivity contribution in [2.45, 2.75) is 30.4 Å². The largest absolute Gasteiger partial charge is 0.302 e. The highest BCUT2D eigenvalue weighted by Crippen LogP contribution is 2.36. The number of hydrogen-bond acceptors (Lipinski definition) is 2. The Hall–Kier alpha value is -0.930. The minimum atomic E-state index is 0.523. The summed E-state index contributed by atoms with van der Waals surface area (Å²) in [6, 6.07) is 6.06. The van der Waals surface area contributed by atoms with Gasteiger partial charge in [0.2, 0.25) is 0 Å². The van der Waals surface area contributed by atoms with Gasteiger partial charge >= 0.3 is 0 Å². The van der Waals surface area contributed by atoms with E-state index >= 15 is 0 Å². The van der Waals surface area contributed by atoms with Crippen LogP contribution in [-0.4, -0.2) is 14.8 Å². The summed E-state index contributed by atoms with van der Waals surface area (Å²) < 4.78 is 2.19. The number of benzene rings is 1. The van der Waals surface area contributed by atoms with E-state index in [4.69, 9.17) is 11.6 Å². The fourth-order valence-electron chi connectivity index (χ4n) is 2.20. The van der Waals surface area contributed by atoms with Crippen LogP contribution in [0.1, 0.15) is 18.4 Å². The zero-order valence-corrected chi connectivity index (χ0v) is 11.3. The minimum Gasteiger partial charge on any atom is -0.302 e. The number of thioether (sulfide) groups is 1. The number of aryl methyl sites for hydroxylation is 1. The van der Waals surface area contributed by atoms with E-state index in [-0.39, 0.29) is 0 Å². The van der Waals surface area contributed by atoms with Crippen LogP contribution in [0, 0.1) is 6.92 Å². The third-order valence-corrected chi connectivity index (χ3v) is 4.26. The van der Waals surface area contributed by atoms with Crippen molar-refractivity contribution in [3.63, 3.8) is 0 Å². The van der Waals surface area contributed by atoms with Gasteiger partial charge in [0, 0.05) is 27.8 Å². The number of halogens is 1. The lowest BCUT2D eigenvalue weighted by atomic mass is 10.3. The van der Waals surface area contributed by atoms with Crippen LogP contribution < -0.4 is 0 Å². The van der Waals surface area contributed by atoms with Crippen LogP contribution in [-0.2, 0) is 6.42 Å². The van der Waals surface area contributed by atoms with Gasteiger partial charge in [0.25, 0.3) is 0 Å². The van der Waals surface area contributed by atoms with Crippen molar-refractivity contribution in [2.24, 2.45) is 0 Å². The molecule has 0 fully saturated rings. The van der Waals surface area contributed by atoms with Gasteiger partial charge in [-0.1, -0.05) is 18.5 Å². The van der Waals surface area contributed by atoms with Crippen molar-refractivity contribution in [3.8, 4) is 5.69 Å². The summed E-state index contributed by atoms with van der Waals surface area (Å²) in [5, 5.41) is 1.32. The maximum absolute atomic E-state index is 6.07. The van der Waals surface area contributed by atoms with Gasteiger partial charge in [-0.25, -0.2) is 4.98 Å². The van der Waals surface area contributed by atoms with Crippen LogP contribution in [0.5, 0.6) is 0 Å². The quantitative estimate of drug-likeness (QED) is 0.719. The molecule has 1 aromatic carbocycles. The summed E-state index contributed by atoms with van der Waals surface area (Å²) >= 11 is 7.94. The molecule has 0 N–H and O–H groups in total. The lowest BCUT2D eigenvalue weighted by Gasteiger charge is -2.09. The summed E-state index contributed by atoms with van der Waals surface area (Å²) in [5.41, 5.74) is 2.26. The van der Waals surface area contributed by atoms with Crippen LogP contribution in [0.2, 0.25) is 5.02 Å². The normalized spacial score (nSPS) is 18.4. The van der Waals surface area contributed by atoms with Gasteiger partial charge in [-0.2, -0.15) is 0 Å². The highest BCUT2D eigenvalue weighted by atomic mass is 35.5. The molecule has 1 aromatic heterocycles. The van der Waals surface area contributed by atoms with E-state index in [0.29, 0.717) is 5.25 Å². The Morgan fingerprint density at radius 3 is 3.12 bits per heavy atom. The molecule has 2 aromatic rings. The second-order valence-corrected chi connectivity index (χ2v) is 6.33. The number of imidazole rings is 1. The molecule has 2 heterocycles. The molecule has 0 spiro atoms. The first kappa shape index (κ1) is 11.2. The van der Waals surface area contributed by atoms with Crippen molar-refractivity contribution in [2.75, 3.05) is 0 Å². The second-order valence-electron chi connectivity index (χ2n) is 4.41. The fraction of sp³-hybridized carbons (Fsp3) is 0.308. The van der Waals surface area contributed by atoms with Gasteiger partial charge in [-0.3, -0.25) is 0 Å². The number of aromatic nitrogens is 2. The highest BCUT2D eigenvalue weighted by molar-refractivity contribution is 8.00. The Labute approximate surface area is 110 Å². The van der Waals surface area contributed by atoms with Gasteiger partial charge in [0.15, 0.2) is 0 Å². The van der Waals surface area contributed by atoms with E-state index in [2.05, 4.69) is 28.7 Å². The predicted octanol–water partition coefficient (Wildman–Crippen LogP) is 3.87. The average Bonchev–Trinajstić information content (AvgIpc) is 2.53. The summed E-state index contributed by atoms with van der Waals surface area (Å²) in [7, 11) is 0. The van der Waals surface area contributed by atoms with E-state index in [1.54, 1.807) is 0 Å². The molecular formula is C13H13ClN2S. The Morgan fingerprint density at radius 2 is 2.29 bits per heavy atom. The molecule has 0 saturated carbocycles. The lowest BCUT2D eigenvalue weighted by Crippen LogP contribution is -2.03. The van der Waals surface area contributed by atoms with Crippen molar-refractivity contribution in [3.05, 3.63) is 40.9 Å². The van der Waals surface area contributed by atoms with Gasteiger partial charge < -0.3 is 4.57 Å². The Morgan fingerprint density at radius 1 is 1.47 bits per heavy atom. The summed E-state index contributed by atoms with van der Waals surface area (Å²) in [4.78, 5) is 5.84. The summed E-state index contributed by atoms with van der Waals surface area (Å²) in [6.45, 7) is 4.27. The zero-order chi connectivity index (χ0) is 12.0. The molecular weight excluding hydrogens is 252 g/mol. The topological polar surface area (TPSA) is 17.8 Å². The molecule has 4 heteroatoms. The van der Waals surface area contributed by atoms with Crippen molar-refractivity contribution >= 4 is 23.4 Å². The standard InChI is InChI=1S/C13H13ClN2S/c1-8-7-16-11-4-3-10(14)6-12(11)17-9(2)5-13(16)15-8/h3-4,6-7,9H,5H2,1-2H3. The minimum absolute atomic E-state index is 0.523. The van der Waals surface area contributed by atoms with Gasteiger partial charge in [0.1, 0.15) is 5.82 Å². The molecule has 1 aliphatic heterocycles. The van der Waals surface area contributed by atoms with Gasteiger partial charge in [-0.05, 0) is 25.1 Å². The van der Waals surface area contributed by atoms with Crippen molar-refractivity contribution in [1.29, 1.82) is 0 Å². The molecule has 2 nitrogen and oxygen atoms in total. The van der Waals surface area contributed by atoms with E-state index in [1.165, 1.54) is 10.6 Å². The molecule has 3 rings (SSSR count). The molecule has 0 bridgehead atoms. The van der Waals surface area contributed by atoms with E-state index < -0.39 is 0 Å². The van der Waals surface area contributed by atoms with Gasteiger partial charge in [0.05, 0.1) is 11.4 Å². The van der Waals surface area contributed by atoms with Crippen LogP contribution in [0.15, 0.2) is 29.3 Å². The molecule has 1 aliphatic rings. The highest BCUT2D eigenvalue weighted by Gasteiger charge is 2.20. The maximum atomic E-state index is 6.07. The van der Waals surface area contributed by atoms with Crippen molar-refractivity contribution in [1.82, 2.24) is 9.55 Å². The first-order chi connectivity index (χ1) is 8.13. The second kappa shape index (κ2) is 4.07. The first-order valence-corrected chi connectivity index (χ1v) is 6.90. The lowest BCUT2D eigenvalue weighted by molar-refractivity contribution is 0.829. The molecule has 0 radical (unpaired) electrons. The fourth-order valence-corrected chi connectivity index (χ4v) is 3.58. The Bertz CT molecular complexity index is 577. The van der Waals surface area contributed by atoms with Gasteiger partial charge in [-0.15, -0.1) is 11.8 Å². The molecule has 17 heavy (non-hydrogen) atoms. The average molecular weight is 265 g/mol. The van der Waals surface area contributed by atoms with Crippen LogP contribution in [0.3, 0.4) is 0 Å². The smallest absolute Gasteiger partial charge is 0.114 e. The number of fused-ring (bicyclic) bond motifs is 3. The summed E-state index contributed by atoms with van der Waals surface area (Å²) in [6.07, 6.45) is 3.09.